The summed E-state index contributed by atoms with van der Waals surface area (Å²) in [5.41, 5.74) is 11.3. The molecule has 0 bridgehead atoms. The highest BCUT2D eigenvalue weighted by Gasteiger charge is 2.33. The Morgan fingerprint density at radius 3 is 2.03 bits per heavy atom. The standard InChI is InChI=1S/C20H29N5O7S/c1-10(26)16(25-17(28)12(21)9-33)19(30)23-13(8-15(22)27)18(29)24-14(20(31)32)7-11-5-3-2-4-6-11/h2-6,10,12-14,16,26,33H,7-9,21H2,1H3,(H2,22,27)(H,23,30)(H,24,29)(H,25,28)(H,31,32). The van der Waals surface area contributed by atoms with Crippen LogP contribution in [0.5, 0.6) is 0 Å². The van der Waals surface area contributed by atoms with Gasteiger partial charge in [0.25, 0.3) is 0 Å². The predicted molar refractivity (Wildman–Crippen MR) is 121 cm³/mol. The van der Waals surface area contributed by atoms with E-state index < -0.39 is 66.3 Å². The van der Waals surface area contributed by atoms with Crippen LogP contribution in [0.25, 0.3) is 0 Å². The maximum Gasteiger partial charge on any atom is 0.326 e. The first-order valence-electron chi connectivity index (χ1n) is 9.96. The molecule has 1 aromatic rings. The largest absolute Gasteiger partial charge is 0.480 e. The van der Waals surface area contributed by atoms with E-state index in [0.29, 0.717) is 5.56 Å². The van der Waals surface area contributed by atoms with Crippen LogP contribution in [-0.4, -0.2) is 75.8 Å². The molecule has 1 aromatic carbocycles. The average Bonchev–Trinajstić information content (AvgIpc) is 2.75. The Labute approximate surface area is 195 Å². The smallest absolute Gasteiger partial charge is 0.326 e. The molecule has 4 amide bonds. The highest BCUT2D eigenvalue weighted by atomic mass is 32.1. The topological polar surface area (TPSA) is 214 Å². The van der Waals surface area contributed by atoms with Crippen molar-refractivity contribution >= 4 is 42.2 Å². The molecule has 0 fully saturated rings. The Kier molecular flexibility index (Phi) is 11.3. The maximum atomic E-state index is 12.7. The summed E-state index contributed by atoms with van der Waals surface area (Å²) in [4.78, 5) is 60.4. The highest BCUT2D eigenvalue weighted by Crippen LogP contribution is 2.05. The van der Waals surface area contributed by atoms with E-state index in [9.17, 15) is 34.2 Å². The molecule has 12 nitrogen and oxygen atoms in total. The quantitative estimate of drug-likeness (QED) is 0.138. The normalized spacial score (nSPS) is 15.3. The van der Waals surface area contributed by atoms with E-state index in [4.69, 9.17) is 11.5 Å². The molecule has 0 aromatic heterocycles. The number of carbonyl (C=O) groups is 5. The molecule has 33 heavy (non-hydrogen) atoms. The Bertz CT molecular complexity index is 852. The van der Waals surface area contributed by atoms with Crippen LogP contribution in [0, 0.1) is 0 Å². The fourth-order valence-electron chi connectivity index (χ4n) is 2.74. The lowest BCUT2D eigenvalue weighted by Crippen LogP contribution is -2.60. The number of benzene rings is 1. The monoisotopic (exact) mass is 483 g/mol. The summed E-state index contributed by atoms with van der Waals surface area (Å²) in [6.07, 6.45) is -2.08. The molecule has 1 rings (SSSR count). The van der Waals surface area contributed by atoms with Gasteiger partial charge in [-0.25, -0.2) is 4.79 Å². The van der Waals surface area contributed by atoms with Crippen molar-refractivity contribution in [1.29, 1.82) is 0 Å². The number of primary amides is 1. The summed E-state index contributed by atoms with van der Waals surface area (Å²) in [5.74, 6) is -5.04. The first-order chi connectivity index (χ1) is 15.5. The van der Waals surface area contributed by atoms with Crippen molar-refractivity contribution in [3.63, 3.8) is 0 Å². The van der Waals surface area contributed by atoms with Crippen molar-refractivity contribution in [1.82, 2.24) is 16.0 Å². The van der Waals surface area contributed by atoms with Crippen molar-refractivity contribution in [2.75, 3.05) is 5.75 Å². The summed E-state index contributed by atoms with van der Waals surface area (Å²) in [6.45, 7) is 1.22. The number of carboxylic acids is 1. The second-order valence-corrected chi connectivity index (χ2v) is 7.70. The van der Waals surface area contributed by atoms with E-state index in [2.05, 4.69) is 28.6 Å². The molecule has 0 aliphatic heterocycles. The van der Waals surface area contributed by atoms with Crippen LogP contribution in [0.15, 0.2) is 30.3 Å². The number of hydrogen-bond donors (Lipinski definition) is 8. The van der Waals surface area contributed by atoms with Gasteiger partial charge in [-0.2, -0.15) is 12.6 Å². The molecule has 182 valence electrons. The van der Waals surface area contributed by atoms with Gasteiger partial charge in [0.15, 0.2) is 0 Å². The lowest BCUT2D eigenvalue weighted by Gasteiger charge is -2.26. The number of aliphatic hydroxyl groups is 1. The van der Waals surface area contributed by atoms with Gasteiger partial charge in [0.2, 0.25) is 23.6 Å². The Morgan fingerprint density at radius 2 is 1.55 bits per heavy atom. The molecule has 0 saturated carbocycles. The number of aliphatic carboxylic acids is 1. The first kappa shape index (κ1) is 27.9. The molecule has 0 radical (unpaired) electrons. The molecule has 0 saturated heterocycles. The fraction of sp³-hybridized carbons (Fsp3) is 0.450. The minimum Gasteiger partial charge on any atom is -0.480 e. The summed E-state index contributed by atoms with van der Waals surface area (Å²) in [7, 11) is 0. The van der Waals surface area contributed by atoms with Crippen molar-refractivity contribution < 1.29 is 34.2 Å². The summed E-state index contributed by atoms with van der Waals surface area (Å²) in [5, 5.41) is 26.1. The molecule has 0 aliphatic carbocycles. The minimum atomic E-state index is -1.55. The van der Waals surface area contributed by atoms with E-state index in [1.54, 1.807) is 30.3 Å². The van der Waals surface area contributed by atoms with E-state index in [1.807, 2.05) is 0 Å². The first-order valence-corrected chi connectivity index (χ1v) is 10.6. The van der Waals surface area contributed by atoms with Crippen LogP contribution in [0.2, 0.25) is 0 Å². The molecular weight excluding hydrogens is 454 g/mol. The fourth-order valence-corrected chi connectivity index (χ4v) is 2.91. The molecule has 0 heterocycles. The summed E-state index contributed by atoms with van der Waals surface area (Å²) < 4.78 is 0. The second-order valence-electron chi connectivity index (χ2n) is 7.34. The van der Waals surface area contributed by atoms with Gasteiger partial charge in [-0.3, -0.25) is 19.2 Å². The average molecular weight is 484 g/mol. The number of nitrogens with one attached hydrogen (secondary N) is 3. The lowest BCUT2D eigenvalue weighted by molar-refractivity contribution is -0.142. The van der Waals surface area contributed by atoms with Gasteiger partial charge in [0.1, 0.15) is 18.1 Å². The zero-order chi connectivity index (χ0) is 25.1. The van der Waals surface area contributed by atoms with Crippen LogP contribution >= 0.6 is 12.6 Å². The predicted octanol–water partition coefficient (Wildman–Crippen LogP) is -2.72. The lowest BCUT2D eigenvalue weighted by atomic mass is 10.0. The van der Waals surface area contributed by atoms with Gasteiger partial charge < -0.3 is 37.6 Å². The third-order valence-corrected chi connectivity index (χ3v) is 4.93. The van der Waals surface area contributed by atoms with Crippen LogP contribution in [0.1, 0.15) is 18.9 Å². The third-order valence-electron chi connectivity index (χ3n) is 4.53. The number of aliphatic hydroxyl groups excluding tert-OH is 1. The van der Waals surface area contributed by atoms with Crippen LogP contribution in [0.3, 0.4) is 0 Å². The number of rotatable bonds is 13. The van der Waals surface area contributed by atoms with E-state index in [-0.39, 0.29) is 12.2 Å². The number of nitrogens with two attached hydrogens (primary N) is 2. The minimum absolute atomic E-state index is 0.0231. The number of hydrogen-bond acceptors (Lipinski definition) is 8. The van der Waals surface area contributed by atoms with E-state index >= 15 is 0 Å². The SMILES string of the molecule is CC(O)C(NC(=O)C(N)CS)C(=O)NC(CC(N)=O)C(=O)NC(Cc1ccccc1)C(=O)O. The van der Waals surface area contributed by atoms with Crippen molar-refractivity contribution in [2.24, 2.45) is 11.5 Å². The van der Waals surface area contributed by atoms with E-state index in [0.717, 1.165) is 0 Å². The van der Waals surface area contributed by atoms with Crippen LogP contribution < -0.4 is 27.4 Å². The number of amides is 4. The van der Waals surface area contributed by atoms with E-state index in [1.165, 1.54) is 6.92 Å². The van der Waals surface area contributed by atoms with Crippen LogP contribution in [-0.2, 0) is 30.4 Å². The van der Waals surface area contributed by atoms with Crippen molar-refractivity contribution in [2.45, 2.75) is 50.0 Å². The molecule has 5 atom stereocenters. The third kappa shape index (κ3) is 9.47. The molecule has 13 heteroatoms. The van der Waals surface area contributed by atoms with Gasteiger partial charge >= 0.3 is 5.97 Å². The van der Waals surface area contributed by atoms with Gasteiger partial charge in [-0.05, 0) is 12.5 Å². The molecule has 5 unspecified atom stereocenters. The van der Waals surface area contributed by atoms with Gasteiger partial charge in [-0.15, -0.1) is 0 Å². The Hall–Kier alpha value is -3.16. The number of carboxylic acid groups (broad SMARTS) is 1. The number of carbonyl (C=O) groups excluding carboxylic acids is 4. The molecule has 0 aliphatic rings. The zero-order valence-electron chi connectivity index (χ0n) is 17.9. The van der Waals surface area contributed by atoms with Crippen molar-refractivity contribution in [3.05, 3.63) is 35.9 Å². The van der Waals surface area contributed by atoms with Crippen molar-refractivity contribution in [3.8, 4) is 0 Å². The second kappa shape index (κ2) is 13.4. The van der Waals surface area contributed by atoms with Crippen LogP contribution in [0.4, 0.5) is 0 Å². The molecule has 9 N–H and O–H groups in total. The van der Waals surface area contributed by atoms with Gasteiger partial charge in [0.05, 0.1) is 18.6 Å². The molecular formula is C20H29N5O7S. The number of thiol groups is 1. The zero-order valence-corrected chi connectivity index (χ0v) is 18.8. The Morgan fingerprint density at radius 1 is 0.970 bits per heavy atom. The molecule has 0 spiro atoms. The maximum absolute atomic E-state index is 12.7. The Balaban J connectivity index is 2.98. The summed E-state index contributed by atoms with van der Waals surface area (Å²) in [6, 6.07) is 3.04. The van der Waals surface area contributed by atoms with Gasteiger partial charge in [0, 0.05) is 12.2 Å². The summed E-state index contributed by atoms with van der Waals surface area (Å²) >= 11 is 3.88. The highest BCUT2D eigenvalue weighted by molar-refractivity contribution is 7.80. The van der Waals surface area contributed by atoms with Gasteiger partial charge in [-0.1, -0.05) is 30.3 Å².